The number of nitrogens with one attached hydrogen (secondary N) is 1. The van der Waals surface area contributed by atoms with Crippen LogP contribution in [0.25, 0.3) is 0 Å². The number of rotatable bonds is 4. The topological polar surface area (TPSA) is 73.0 Å². The molecule has 4 rings (SSSR count). The van der Waals surface area contributed by atoms with Gasteiger partial charge in [-0.25, -0.2) is 4.79 Å². The van der Waals surface area contributed by atoms with Crippen LogP contribution in [0.1, 0.15) is 23.6 Å². The molecule has 0 aromatic heterocycles. The van der Waals surface area contributed by atoms with Crippen LogP contribution in [0.3, 0.4) is 0 Å². The highest BCUT2D eigenvalue weighted by atomic mass is 16.2. The molecule has 162 valence electrons. The van der Waals surface area contributed by atoms with E-state index in [1.807, 2.05) is 18.2 Å². The van der Waals surface area contributed by atoms with Crippen molar-refractivity contribution in [3.8, 4) is 0 Å². The van der Waals surface area contributed by atoms with Gasteiger partial charge in [0.15, 0.2) is 0 Å². The van der Waals surface area contributed by atoms with Crippen LogP contribution in [0.4, 0.5) is 10.5 Å². The maximum atomic E-state index is 13.0. The van der Waals surface area contributed by atoms with E-state index in [9.17, 15) is 14.4 Å². The van der Waals surface area contributed by atoms with Gasteiger partial charge in [0.2, 0.25) is 5.91 Å². The first kappa shape index (κ1) is 20.9. The fourth-order valence-electron chi connectivity index (χ4n) is 4.32. The number of hydrogen-bond acceptors (Lipinski definition) is 4. The zero-order chi connectivity index (χ0) is 22.2. The average Bonchev–Trinajstić information content (AvgIpc) is 3.00. The molecule has 0 radical (unpaired) electrons. The first-order chi connectivity index (χ1) is 14.8. The Kier molecular flexibility index (Phi) is 5.43. The van der Waals surface area contributed by atoms with Crippen molar-refractivity contribution in [1.82, 2.24) is 15.1 Å². The molecule has 2 aromatic carbocycles. The second-order valence-corrected chi connectivity index (χ2v) is 8.40. The van der Waals surface area contributed by atoms with Crippen LogP contribution in [0, 0.1) is 13.8 Å². The van der Waals surface area contributed by atoms with E-state index in [-0.39, 0.29) is 12.5 Å². The van der Waals surface area contributed by atoms with Crippen LogP contribution in [-0.4, -0.2) is 60.4 Å². The molecule has 7 heteroatoms. The predicted octanol–water partition coefficient (Wildman–Crippen LogP) is 2.42. The van der Waals surface area contributed by atoms with E-state index in [0.717, 1.165) is 18.0 Å². The molecule has 0 saturated carbocycles. The van der Waals surface area contributed by atoms with Crippen molar-refractivity contribution in [3.05, 3.63) is 65.2 Å². The summed E-state index contributed by atoms with van der Waals surface area (Å²) in [6.45, 7) is 8.21. The van der Waals surface area contributed by atoms with Crippen LogP contribution < -0.4 is 10.2 Å². The quantitative estimate of drug-likeness (QED) is 0.771. The smallest absolute Gasteiger partial charge is 0.325 e. The molecule has 0 aliphatic carbocycles. The molecule has 31 heavy (non-hydrogen) atoms. The van der Waals surface area contributed by atoms with E-state index in [1.165, 1.54) is 16.8 Å². The SMILES string of the molecule is Cc1cccc(N2CCN(C(=O)CN3C(=O)NC(C)(c4ccccc4)C3=O)CC2)c1C. The number of urea groups is 1. The van der Waals surface area contributed by atoms with Crippen LogP contribution in [0.15, 0.2) is 48.5 Å². The second-order valence-electron chi connectivity index (χ2n) is 8.40. The van der Waals surface area contributed by atoms with E-state index in [2.05, 4.69) is 42.3 Å². The van der Waals surface area contributed by atoms with Gasteiger partial charge in [0.05, 0.1) is 0 Å². The van der Waals surface area contributed by atoms with Crippen LogP contribution in [0.2, 0.25) is 0 Å². The summed E-state index contributed by atoms with van der Waals surface area (Å²) in [5.74, 6) is -0.604. The number of carbonyl (C=O) groups is 3. The molecule has 2 saturated heterocycles. The van der Waals surface area contributed by atoms with Gasteiger partial charge < -0.3 is 15.1 Å². The fraction of sp³-hybridized carbons (Fsp3) is 0.375. The minimum absolute atomic E-state index is 0.207. The monoisotopic (exact) mass is 420 g/mol. The number of carbonyl (C=O) groups excluding carboxylic acids is 3. The Morgan fingerprint density at radius 2 is 1.65 bits per heavy atom. The van der Waals surface area contributed by atoms with Crippen molar-refractivity contribution in [1.29, 1.82) is 0 Å². The predicted molar refractivity (Wildman–Crippen MR) is 119 cm³/mol. The highest BCUT2D eigenvalue weighted by Crippen LogP contribution is 2.29. The van der Waals surface area contributed by atoms with E-state index in [4.69, 9.17) is 0 Å². The van der Waals surface area contributed by atoms with Crippen LogP contribution >= 0.6 is 0 Å². The van der Waals surface area contributed by atoms with Crippen LogP contribution in [0.5, 0.6) is 0 Å². The Labute approximate surface area is 182 Å². The van der Waals surface area contributed by atoms with E-state index >= 15 is 0 Å². The molecule has 1 unspecified atom stereocenters. The maximum Gasteiger partial charge on any atom is 0.325 e. The van der Waals surface area contributed by atoms with Crippen molar-refractivity contribution in [2.45, 2.75) is 26.3 Å². The Balaban J connectivity index is 1.40. The lowest BCUT2D eigenvalue weighted by molar-refractivity contribution is -0.139. The Hall–Kier alpha value is -3.35. The molecule has 2 aliphatic heterocycles. The third kappa shape index (κ3) is 3.76. The number of aryl methyl sites for hydroxylation is 1. The largest absolute Gasteiger partial charge is 0.368 e. The second kappa shape index (κ2) is 8.06. The number of anilines is 1. The molecule has 0 bridgehead atoms. The number of imide groups is 1. The van der Waals surface area contributed by atoms with Gasteiger partial charge in [-0.3, -0.25) is 14.5 Å². The summed E-state index contributed by atoms with van der Waals surface area (Å²) in [5.41, 5.74) is 3.24. The third-order valence-corrected chi connectivity index (χ3v) is 6.47. The number of amides is 4. The zero-order valence-corrected chi connectivity index (χ0v) is 18.2. The number of benzene rings is 2. The van der Waals surface area contributed by atoms with Gasteiger partial charge in [0, 0.05) is 31.9 Å². The molecular formula is C24H28N4O3. The van der Waals surface area contributed by atoms with Gasteiger partial charge in [-0.15, -0.1) is 0 Å². The summed E-state index contributed by atoms with van der Waals surface area (Å²) in [7, 11) is 0. The lowest BCUT2D eigenvalue weighted by atomic mass is 9.92. The van der Waals surface area contributed by atoms with E-state index in [1.54, 1.807) is 24.0 Å². The molecule has 2 heterocycles. The molecule has 7 nitrogen and oxygen atoms in total. The molecular weight excluding hydrogens is 392 g/mol. The lowest BCUT2D eigenvalue weighted by Gasteiger charge is -2.37. The zero-order valence-electron chi connectivity index (χ0n) is 18.2. The number of piperazine rings is 1. The van der Waals surface area contributed by atoms with Gasteiger partial charge >= 0.3 is 6.03 Å². The van der Waals surface area contributed by atoms with Crippen molar-refractivity contribution in [3.63, 3.8) is 0 Å². The van der Waals surface area contributed by atoms with Gasteiger partial charge in [-0.2, -0.15) is 0 Å². The molecule has 1 N–H and O–H groups in total. The Morgan fingerprint density at radius 1 is 0.968 bits per heavy atom. The summed E-state index contributed by atoms with van der Waals surface area (Å²) in [5, 5.41) is 2.75. The highest BCUT2D eigenvalue weighted by Gasteiger charge is 2.49. The number of nitrogens with zero attached hydrogens (tertiary/aromatic N) is 3. The summed E-state index contributed by atoms with van der Waals surface area (Å²) >= 11 is 0. The average molecular weight is 421 g/mol. The molecule has 2 aromatic rings. The molecule has 4 amide bonds. The van der Waals surface area contributed by atoms with Crippen molar-refractivity contribution in [2.75, 3.05) is 37.6 Å². The Morgan fingerprint density at radius 3 is 2.32 bits per heavy atom. The first-order valence-electron chi connectivity index (χ1n) is 10.6. The van der Waals surface area contributed by atoms with Crippen molar-refractivity contribution in [2.24, 2.45) is 0 Å². The van der Waals surface area contributed by atoms with Gasteiger partial charge in [-0.05, 0) is 43.5 Å². The van der Waals surface area contributed by atoms with E-state index in [0.29, 0.717) is 18.7 Å². The summed E-state index contributed by atoms with van der Waals surface area (Å²) in [4.78, 5) is 43.5. The Bertz CT molecular complexity index is 1010. The lowest BCUT2D eigenvalue weighted by Crippen LogP contribution is -2.52. The fourth-order valence-corrected chi connectivity index (χ4v) is 4.32. The minimum Gasteiger partial charge on any atom is -0.368 e. The number of hydrogen-bond donors (Lipinski definition) is 1. The molecule has 2 aliphatic rings. The summed E-state index contributed by atoms with van der Waals surface area (Å²) in [6.07, 6.45) is 0. The minimum atomic E-state index is -1.15. The van der Waals surface area contributed by atoms with E-state index < -0.39 is 17.5 Å². The van der Waals surface area contributed by atoms with Crippen molar-refractivity contribution >= 4 is 23.5 Å². The maximum absolute atomic E-state index is 13.0. The third-order valence-electron chi connectivity index (χ3n) is 6.47. The summed E-state index contributed by atoms with van der Waals surface area (Å²) in [6, 6.07) is 14.8. The molecule has 1 atom stereocenters. The highest BCUT2D eigenvalue weighted by molar-refractivity contribution is 6.09. The first-order valence-corrected chi connectivity index (χ1v) is 10.6. The molecule has 2 fully saturated rings. The normalized spacial score (nSPS) is 21.5. The van der Waals surface area contributed by atoms with Crippen molar-refractivity contribution < 1.29 is 14.4 Å². The summed E-state index contributed by atoms with van der Waals surface area (Å²) < 4.78 is 0. The van der Waals surface area contributed by atoms with Gasteiger partial charge in [0.25, 0.3) is 5.91 Å². The van der Waals surface area contributed by atoms with Gasteiger partial charge in [-0.1, -0.05) is 42.5 Å². The standard InChI is InChI=1S/C24H28N4O3/c1-17-8-7-11-20(18(17)2)26-12-14-27(15-13-26)21(29)16-28-22(30)24(3,25-23(28)31)19-9-5-4-6-10-19/h4-11H,12-16H2,1-3H3,(H,25,31). The van der Waals surface area contributed by atoms with Gasteiger partial charge in [0.1, 0.15) is 12.1 Å². The van der Waals surface area contributed by atoms with Crippen LogP contribution in [-0.2, 0) is 15.1 Å². The molecule has 0 spiro atoms.